The van der Waals surface area contributed by atoms with Crippen LogP contribution < -0.4 is 21.3 Å². The van der Waals surface area contributed by atoms with E-state index in [1.54, 1.807) is 69.2 Å². The number of hydrogen-bond donors (Lipinski definition) is 4. The van der Waals surface area contributed by atoms with E-state index < -0.39 is 70.5 Å². The Balaban J connectivity index is -0.000000511. The third kappa shape index (κ3) is 40.4. The Morgan fingerprint density at radius 2 is 0.631 bits per heavy atom. The van der Waals surface area contributed by atoms with Gasteiger partial charge in [-0.05, 0) is 94.9 Å². The number of carbonyl (C=O) groups is 12. The zero-order valence-corrected chi connectivity index (χ0v) is 53.0. The van der Waals surface area contributed by atoms with Crippen LogP contribution in [-0.2, 0) is 105 Å². The first-order valence-corrected chi connectivity index (χ1v) is 28.2. The average molecular weight is 1210 g/mol. The van der Waals surface area contributed by atoms with Gasteiger partial charge in [0.05, 0.1) is 88.5 Å². The van der Waals surface area contributed by atoms with E-state index in [2.05, 4.69) is 21.3 Å². The molecule has 4 amide bonds. The minimum Gasteiger partial charge on any atom is -0.465 e. The first-order chi connectivity index (χ1) is 39.4. The molecule has 0 rings (SSSR count). The van der Waals surface area contributed by atoms with Gasteiger partial charge in [0.25, 0.3) is 0 Å². The third-order valence-corrected chi connectivity index (χ3v) is 11.4. The second kappa shape index (κ2) is 49.6. The van der Waals surface area contributed by atoms with E-state index in [1.807, 2.05) is 41.5 Å². The summed E-state index contributed by atoms with van der Waals surface area (Å²) in [6.07, 6.45) is 1.00. The lowest BCUT2D eigenvalue weighted by Gasteiger charge is -2.20. The molecule has 0 saturated heterocycles. The summed E-state index contributed by atoms with van der Waals surface area (Å²) >= 11 is 0. The topological polar surface area (TPSA) is 364 Å². The molecule has 84 heavy (non-hydrogen) atoms. The Morgan fingerprint density at radius 3 is 0.869 bits per heavy atom. The minimum absolute atomic E-state index is 0.0175. The molecule has 28 heteroatoms. The highest BCUT2D eigenvalue weighted by molar-refractivity contribution is 6.15. The lowest BCUT2D eigenvalue weighted by Crippen LogP contribution is -2.43. The van der Waals surface area contributed by atoms with Crippen molar-refractivity contribution >= 4 is 71.8 Å². The van der Waals surface area contributed by atoms with Crippen molar-refractivity contribution < 1.29 is 114 Å². The summed E-state index contributed by atoms with van der Waals surface area (Å²) in [5, 5.41) is 9.72. The molecule has 0 aliphatic carbocycles. The Kier molecular flexibility index (Phi) is 49.3. The largest absolute Gasteiger partial charge is 0.465 e. The fourth-order valence-electron chi connectivity index (χ4n) is 5.26. The molecular formula is C56H100N4O24. The minimum atomic E-state index is -1.69. The maximum absolute atomic E-state index is 12.0. The van der Waals surface area contributed by atoms with Crippen LogP contribution >= 0.6 is 0 Å². The Morgan fingerprint density at radius 1 is 0.369 bits per heavy atom. The fraction of sp³-hybridized carbons (Fsp3) is 0.786. The number of rotatable bonds is 36. The highest BCUT2D eigenvalue weighted by Crippen LogP contribution is 2.22. The predicted molar refractivity (Wildman–Crippen MR) is 302 cm³/mol. The molecule has 4 unspecified atom stereocenters. The lowest BCUT2D eigenvalue weighted by molar-refractivity contribution is -0.167. The molecule has 4 atom stereocenters. The molecule has 0 bridgehead atoms. The van der Waals surface area contributed by atoms with Crippen molar-refractivity contribution in [2.75, 3.05) is 106 Å². The molecule has 488 valence electrons. The van der Waals surface area contributed by atoms with Gasteiger partial charge in [0.15, 0.2) is 0 Å². The van der Waals surface area contributed by atoms with Crippen LogP contribution in [0.3, 0.4) is 0 Å². The molecule has 0 aliphatic heterocycles. The van der Waals surface area contributed by atoms with E-state index in [4.69, 9.17) is 56.8 Å². The fourth-order valence-corrected chi connectivity index (χ4v) is 5.26. The summed E-state index contributed by atoms with van der Waals surface area (Å²) in [4.78, 5) is 140. The van der Waals surface area contributed by atoms with Crippen LogP contribution in [0.25, 0.3) is 0 Å². The van der Waals surface area contributed by atoms with Crippen molar-refractivity contribution in [1.29, 1.82) is 0 Å². The first-order valence-electron chi connectivity index (χ1n) is 28.2. The quantitative estimate of drug-likeness (QED) is 0.0294. The third-order valence-electron chi connectivity index (χ3n) is 11.4. The molecule has 0 aromatic rings. The van der Waals surface area contributed by atoms with E-state index in [1.165, 1.54) is 14.2 Å². The molecule has 0 radical (unpaired) electrons. The van der Waals surface area contributed by atoms with Gasteiger partial charge in [-0.15, -0.1) is 0 Å². The smallest absolute Gasteiger partial charge is 0.407 e. The summed E-state index contributed by atoms with van der Waals surface area (Å²) in [6.45, 7) is 29.4. The molecule has 0 heterocycles. The van der Waals surface area contributed by atoms with Gasteiger partial charge in [-0.3, -0.25) is 47.9 Å². The maximum Gasteiger partial charge on any atom is 0.407 e. The normalized spacial score (nSPS) is 12.0. The molecule has 4 N–H and O–H groups in total. The van der Waals surface area contributed by atoms with Crippen molar-refractivity contribution in [2.45, 2.75) is 149 Å². The van der Waals surface area contributed by atoms with E-state index in [9.17, 15) is 57.5 Å². The SMILES string of the molecule is CCC(C)(C)C(=O)OCCNC(=O)OC(C)COC.CCC(C)C(=O)OCCNC(=O)OC(C)COC.CCOC(=O)C(C(=O)NCCOC(=O)C(C)(C)CC)C(=O)OCC.CCOC(=O)C(C(=O)NCCOC(=O)C(C)CC)C(=O)OCC. The van der Waals surface area contributed by atoms with Crippen LogP contribution in [0.1, 0.15) is 136 Å². The number of ether oxygens (including phenoxy) is 12. The molecular weight excluding hydrogens is 1110 g/mol. The van der Waals surface area contributed by atoms with E-state index in [0.29, 0.717) is 32.5 Å². The number of nitrogens with one attached hydrogen (secondary N) is 4. The average Bonchev–Trinajstić information content (AvgIpc) is 3.43. The molecule has 0 aliphatic rings. The predicted octanol–water partition coefficient (Wildman–Crippen LogP) is 4.32. The number of esters is 8. The first kappa shape index (κ1) is 83.6. The van der Waals surface area contributed by atoms with Crippen LogP contribution in [0.15, 0.2) is 0 Å². The highest BCUT2D eigenvalue weighted by Gasteiger charge is 2.38. The van der Waals surface area contributed by atoms with Gasteiger partial charge in [-0.1, -0.05) is 41.5 Å². The van der Waals surface area contributed by atoms with Gasteiger partial charge >= 0.3 is 59.9 Å². The van der Waals surface area contributed by atoms with Gasteiger partial charge in [0, 0.05) is 14.2 Å². The van der Waals surface area contributed by atoms with E-state index in [-0.39, 0.29) is 127 Å². The van der Waals surface area contributed by atoms with Crippen LogP contribution in [0, 0.1) is 34.5 Å². The van der Waals surface area contributed by atoms with Crippen molar-refractivity contribution in [3.63, 3.8) is 0 Å². The van der Waals surface area contributed by atoms with Gasteiger partial charge in [-0.25, -0.2) is 9.59 Å². The zero-order valence-electron chi connectivity index (χ0n) is 53.0. The van der Waals surface area contributed by atoms with Gasteiger partial charge in [-0.2, -0.15) is 0 Å². The zero-order chi connectivity index (χ0) is 65.4. The summed E-state index contributed by atoms with van der Waals surface area (Å²) in [7, 11) is 3.07. The van der Waals surface area contributed by atoms with Gasteiger partial charge < -0.3 is 78.1 Å². The molecule has 0 aromatic heterocycles. The van der Waals surface area contributed by atoms with Crippen LogP contribution in [-0.4, -0.2) is 190 Å². The molecule has 0 aromatic carbocycles. The van der Waals surface area contributed by atoms with Crippen molar-refractivity contribution in [1.82, 2.24) is 21.3 Å². The number of carbonyl (C=O) groups excluding carboxylic acids is 12. The van der Waals surface area contributed by atoms with Crippen molar-refractivity contribution in [3.05, 3.63) is 0 Å². The summed E-state index contributed by atoms with van der Waals surface area (Å²) in [5.74, 6) is -10.6. The Bertz CT molecular complexity index is 1930. The number of hydrogen-bond acceptors (Lipinski definition) is 24. The Labute approximate surface area is 495 Å². The molecule has 0 saturated carbocycles. The maximum atomic E-state index is 12.0. The van der Waals surface area contributed by atoms with Crippen LogP contribution in [0.5, 0.6) is 0 Å². The van der Waals surface area contributed by atoms with Crippen LogP contribution in [0.4, 0.5) is 9.59 Å². The number of amides is 4. The standard InChI is InChI=1S/C16H27NO7.C15H25NO7.C13H25NO5.C12H23NO5/c1-6-16(4,5)15(21)24-10-9-17-12(18)11(13(19)22-7-2)14(20)23-8-3;1-5-10(4)13(18)23-9-8-16-12(17)11(14(19)21-6-2)15(20)22-7-3;1-6-13(3,4)11(15)18-8-7-14-12(16)19-10(2)9-17-5;1-5-9(2)11(14)17-7-6-13-12(15)18-10(3)8-16-4/h11H,6-10H2,1-5H3,(H,17,18);10-11H,5-9H2,1-4H3,(H,16,17);10H,6-9H2,1-5H3,(H,14,16);9-10H,5-8H2,1-4H3,(H,13,15). The molecule has 0 fully saturated rings. The lowest BCUT2D eigenvalue weighted by atomic mass is 9.91. The molecule has 28 nitrogen and oxygen atoms in total. The summed E-state index contributed by atoms with van der Waals surface area (Å²) in [6, 6.07) is 0. The molecule has 0 spiro atoms. The Hall–Kier alpha value is -6.84. The van der Waals surface area contributed by atoms with E-state index in [0.717, 1.165) is 6.42 Å². The monoisotopic (exact) mass is 1210 g/mol. The van der Waals surface area contributed by atoms with E-state index >= 15 is 0 Å². The number of methoxy groups -OCH3 is 2. The van der Waals surface area contributed by atoms with Gasteiger partial charge in [0.2, 0.25) is 23.7 Å². The highest BCUT2D eigenvalue weighted by atomic mass is 16.6. The van der Waals surface area contributed by atoms with Gasteiger partial charge in [0.1, 0.15) is 38.6 Å². The second-order valence-corrected chi connectivity index (χ2v) is 19.4. The van der Waals surface area contributed by atoms with Crippen molar-refractivity contribution in [2.24, 2.45) is 34.5 Å². The van der Waals surface area contributed by atoms with Crippen molar-refractivity contribution in [3.8, 4) is 0 Å². The summed E-state index contributed by atoms with van der Waals surface area (Å²) < 4.78 is 58.4. The second-order valence-electron chi connectivity index (χ2n) is 19.4. The number of alkyl carbamates (subject to hydrolysis) is 2. The summed E-state index contributed by atoms with van der Waals surface area (Å²) in [5.41, 5.74) is -1.10. The van der Waals surface area contributed by atoms with Crippen LogP contribution in [0.2, 0.25) is 0 Å².